The van der Waals surface area contributed by atoms with E-state index in [1.54, 1.807) is 42.3 Å². The number of benzene rings is 3. The minimum Gasteiger partial charge on any atom is -0.497 e. The second kappa shape index (κ2) is 10.2. The molecule has 0 bridgehead atoms. The van der Waals surface area contributed by atoms with Crippen molar-refractivity contribution in [3.05, 3.63) is 107 Å². The van der Waals surface area contributed by atoms with Gasteiger partial charge in [-0.05, 0) is 59.7 Å². The first-order valence-electron chi connectivity index (χ1n) is 10.1. The number of hydrogen-bond donors (Lipinski definition) is 1. The van der Waals surface area contributed by atoms with Crippen LogP contribution in [0.1, 0.15) is 21.5 Å². The van der Waals surface area contributed by atoms with Crippen LogP contribution < -0.4 is 14.8 Å². The SMILES string of the molecule is COc1ccc(OCc2ccc(C(=O)Nc3nn(Cc4cccc(F)c4)cc3Cl)cc2)cc1. The lowest BCUT2D eigenvalue weighted by Crippen LogP contribution is -2.13. The van der Waals surface area contributed by atoms with Gasteiger partial charge in [0.25, 0.3) is 5.91 Å². The van der Waals surface area contributed by atoms with Crippen LogP contribution in [0.3, 0.4) is 0 Å². The Balaban J connectivity index is 1.35. The van der Waals surface area contributed by atoms with Gasteiger partial charge >= 0.3 is 0 Å². The third kappa shape index (κ3) is 5.90. The van der Waals surface area contributed by atoms with Gasteiger partial charge in [0.2, 0.25) is 0 Å². The number of halogens is 2. The van der Waals surface area contributed by atoms with Crippen molar-refractivity contribution in [1.82, 2.24) is 9.78 Å². The highest BCUT2D eigenvalue weighted by Gasteiger charge is 2.13. The molecule has 1 N–H and O–H groups in total. The van der Waals surface area contributed by atoms with Gasteiger partial charge in [-0.1, -0.05) is 35.9 Å². The molecule has 33 heavy (non-hydrogen) atoms. The molecule has 0 atom stereocenters. The zero-order valence-corrected chi connectivity index (χ0v) is 18.6. The molecule has 0 saturated heterocycles. The summed E-state index contributed by atoms with van der Waals surface area (Å²) in [5.74, 6) is 1.07. The van der Waals surface area contributed by atoms with Crippen molar-refractivity contribution in [2.75, 3.05) is 12.4 Å². The second-order valence-electron chi connectivity index (χ2n) is 7.27. The van der Waals surface area contributed by atoms with Crippen molar-refractivity contribution in [3.63, 3.8) is 0 Å². The second-order valence-corrected chi connectivity index (χ2v) is 7.68. The maximum atomic E-state index is 13.4. The molecule has 4 rings (SSSR count). The quantitative estimate of drug-likeness (QED) is 0.370. The minimum atomic E-state index is -0.337. The molecule has 0 saturated carbocycles. The molecule has 6 nitrogen and oxygen atoms in total. The van der Waals surface area contributed by atoms with Crippen LogP contribution in [0.4, 0.5) is 10.2 Å². The Hall–Kier alpha value is -3.84. The van der Waals surface area contributed by atoms with E-state index in [9.17, 15) is 9.18 Å². The van der Waals surface area contributed by atoms with Crippen LogP contribution in [0.5, 0.6) is 11.5 Å². The zero-order chi connectivity index (χ0) is 23.2. The van der Waals surface area contributed by atoms with E-state index in [0.717, 1.165) is 22.6 Å². The largest absolute Gasteiger partial charge is 0.497 e. The molecule has 0 aliphatic carbocycles. The Kier molecular flexibility index (Phi) is 6.90. The minimum absolute atomic E-state index is 0.241. The fourth-order valence-electron chi connectivity index (χ4n) is 3.16. The lowest BCUT2D eigenvalue weighted by Gasteiger charge is -2.08. The average Bonchev–Trinajstić information content (AvgIpc) is 3.16. The lowest BCUT2D eigenvalue weighted by molar-refractivity contribution is 0.102. The first-order chi connectivity index (χ1) is 16.0. The number of ether oxygens (including phenoxy) is 2. The van der Waals surface area contributed by atoms with Gasteiger partial charge in [0.15, 0.2) is 5.82 Å². The molecule has 0 radical (unpaired) electrons. The van der Waals surface area contributed by atoms with Gasteiger partial charge in [-0.3, -0.25) is 9.48 Å². The Morgan fingerprint density at radius 2 is 1.76 bits per heavy atom. The van der Waals surface area contributed by atoms with E-state index in [-0.39, 0.29) is 17.5 Å². The molecule has 0 fully saturated rings. The molecule has 3 aromatic carbocycles. The van der Waals surface area contributed by atoms with Crippen LogP contribution in [0.2, 0.25) is 5.02 Å². The van der Waals surface area contributed by atoms with Crippen LogP contribution in [0.25, 0.3) is 0 Å². The maximum Gasteiger partial charge on any atom is 0.256 e. The summed E-state index contributed by atoms with van der Waals surface area (Å²) in [5, 5.41) is 7.30. The molecule has 1 amide bonds. The van der Waals surface area contributed by atoms with E-state index in [4.69, 9.17) is 21.1 Å². The fourth-order valence-corrected chi connectivity index (χ4v) is 3.35. The van der Waals surface area contributed by atoms with Gasteiger partial charge in [-0.15, -0.1) is 0 Å². The summed E-state index contributed by atoms with van der Waals surface area (Å²) in [6.45, 7) is 0.695. The molecule has 1 heterocycles. The number of nitrogens with one attached hydrogen (secondary N) is 1. The Morgan fingerprint density at radius 1 is 1.03 bits per heavy atom. The van der Waals surface area contributed by atoms with E-state index >= 15 is 0 Å². The van der Waals surface area contributed by atoms with E-state index in [1.807, 2.05) is 36.4 Å². The summed E-state index contributed by atoms with van der Waals surface area (Å²) in [5.41, 5.74) is 2.11. The highest BCUT2D eigenvalue weighted by atomic mass is 35.5. The molecular formula is C25H21ClFN3O3. The zero-order valence-electron chi connectivity index (χ0n) is 17.8. The van der Waals surface area contributed by atoms with Gasteiger partial charge in [0.1, 0.15) is 28.9 Å². The van der Waals surface area contributed by atoms with Crippen molar-refractivity contribution >= 4 is 23.3 Å². The summed E-state index contributed by atoms with van der Waals surface area (Å²) in [7, 11) is 1.61. The lowest BCUT2D eigenvalue weighted by atomic mass is 10.1. The number of nitrogens with zero attached hydrogens (tertiary/aromatic N) is 2. The smallest absolute Gasteiger partial charge is 0.256 e. The number of carbonyl (C=O) groups excluding carboxylic acids is 1. The van der Waals surface area contributed by atoms with E-state index in [1.165, 1.54) is 12.1 Å². The summed E-state index contributed by atoms with van der Waals surface area (Å²) < 4.78 is 25.8. The number of methoxy groups -OCH3 is 1. The Bertz CT molecular complexity index is 1240. The van der Waals surface area contributed by atoms with Gasteiger partial charge in [-0.25, -0.2) is 4.39 Å². The predicted molar refractivity (Wildman–Crippen MR) is 124 cm³/mol. The van der Waals surface area contributed by atoms with Crippen LogP contribution in [-0.2, 0) is 13.2 Å². The molecule has 0 unspecified atom stereocenters. The third-order valence-electron chi connectivity index (χ3n) is 4.86. The number of hydrogen-bond acceptors (Lipinski definition) is 4. The third-order valence-corrected chi connectivity index (χ3v) is 5.14. The van der Waals surface area contributed by atoms with Crippen molar-refractivity contribution in [3.8, 4) is 11.5 Å². The maximum absolute atomic E-state index is 13.4. The monoisotopic (exact) mass is 465 g/mol. The molecule has 1 aromatic heterocycles. The number of rotatable bonds is 8. The molecule has 0 aliphatic heterocycles. The summed E-state index contributed by atoms with van der Waals surface area (Å²) in [6, 6.07) is 20.6. The molecule has 0 spiro atoms. The van der Waals surface area contributed by atoms with Crippen LogP contribution in [-0.4, -0.2) is 22.8 Å². The Labute approximate surface area is 195 Å². The van der Waals surface area contributed by atoms with Gasteiger partial charge < -0.3 is 14.8 Å². The number of anilines is 1. The van der Waals surface area contributed by atoms with Crippen LogP contribution in [0.15, 0.2) is 79.0 Å². The molecule has 0 aliphatic rings. The normalized spacial score (nSPS) is 10.6. The van der Waals surface area contributed by atoms with Crippen LogP contribution >= 0.6 is 11.6 Å². The summed E-state index contributed by atoms with van der Waals surface area (Å²) >= 11 is 6.22. The first kappa shape index (κ1) is 22.4. The highest BCUT2D eigenvalue weighted by molar-refractivity contribution is 6.33. The van der Waals surface area contributed by atoms with Crippen molar-refractivity contribution in [1.29, 1.82) is 0 Å². The average molecular weight is 466 g/mol. The van der Waals surface area contributed by atoms with Gasteiger partial charge in [0.05, 0.1) is 13.7 Å². The van der Waals surface area contributed by atoms with Crippen molar-refractivity contribution < 1.29 is 18.7 Å². The van der Waals surface area contributed by atoms with Crippen molar-refractivity contribution in [2.45, 2.75) is 13.2 Å². The highest BCUT2D eigenvalue weighted by Crippen LogP contribution is 2.22. The standard InChI is InChI=1S/C25H21ClFN3O3/c1-32-21-9-11-22(12-10-21)33-16-17-5-7-19(8-6-17)25(31)28-24-23(26)15-30(29-24)14-18-3-2-4-20(27)13-18/h2-13,15H,14,16H2,1H3,(H,28,29,31). The van der Waals surface area contributed by atoms with Gasteiger partial charge in [-0.2, -0.15) is 5.10 Å². The number of amides is 1. The number of aromatic nitrogens is 2. The van der Waals surface area contributed by atoms with Crippen LogP contribution in [0, 0.1) is 5.82 Å². The van der Waals surface area contributed by atoms with E-state index in [0.29, 0.717) is 23.7 Å². The van der Waals surface area contributed by atoms with Crippen molar-refractivity contribution in [2.24, 2.45) is 0 Å². The first-order valence-corrected chi connectivity index (χ1v) is 10.5. The van der Waals surface area contributed by atoms with E-state index < -0.39 is 0 Å². The molecule has 8 heteroatoms. The molecular weight excluding hydrogens is 445 g/mol. The summed E-state index contributed by atoms with van der Waals surface area (Å²) in [4.78, 5) is 12.6. The topological polar surface area (TPSA) is 65.4 Å². The Morgan fingerprint density at radius 3 is 2.45 bits per heavy atom. The summed E-state index contributed by atoms with van der Waals surface area (Å²) in [6.07, 6.45) is 1.58. The molecule has 168 valence electrons. The molecule has 4 aromatic rings. The predicted octanol–water partition coefficient (Wildman–Crippen LogP) is 5.56. The fraction of sp³-hybridized carbons (Fsp3) is 0.120. The van der Waals surface area contributed by atoms with E-state index in [2.05, 4.69) is 10.4 Å². The van der Waals surface area contributed by atoms with Gasteiger partial charge in [0, 0.05) is 11.8 Å². The number of carbonyl (C=O) groups is 1.